The molecule has 1 aromatic carbocycles. The van der Waals surface area contributed by atoms with Crippen molar-refractivity contribution in [2.45, 2.75) is 13.5 Å². The minimum absolute atomic E-state index is 0.318. The molecule has 0 radical (unpaired) electrons. The molecule has 0 aliphatic carbocycles. The van der Waals surface area contributed by atoms with Gasteiger partial charge in [0.25, 0.3) is 5.91 Å². The molecule has 1 aromatic heterocycles. The highest BCUT2D eigenvalue weighted by Gasteiger charge is 2.13. The highest BCUT2D eigenvalue weighted by atomic mass is 35.5. The van der Waals surface area contributed by atoms with E-state index in [0.717, 1.165) is 4.80 Å². The van der Waals surface area contributed by atoms with Gasteiger partial charge in [0.1, 0.15) is 0 Å². The Morgan fingerprint density at radius 1 is 1.24 bits per heavy atom. The van der Waals surface area contributed by atoms with Gasteiger partial charge < -0.3 is 10.1 Å². The summed E-state index contributed by atoms with van der Waals surface area (Å²) in [5.74, 6) is -1.17. The minimum Gasteiger partial charge on any atom is -0.454 e. The van der Waals surface area contributed by atoms with Crippen molar-refractivity contribution in [2.75, 3.05) is 13.2 Å². The molecule has 10 nitrogen and oxygen atoms in total. The number of imide groups is 1. The van der Waals surface area contributed by atoms with Crippen molar-refractivity contribution < 1.29 is 19.1 Å². The average molecular weight is 367 g/mol. The molecule has 11 heteroatoms. The van der Waals surface area contributed by atoms with Gasteiger partial charge in [0.05, 0.1) is 0 Å². The van der Waals surface area contributed by atoms with E-state index in [0.29, 0.717) is 23.0 Å². The molecule has 0 spiro atoms. The van der Waals surface area contributed by atoms with Gasteiger partial charge in [-0.15, -0.1) is 10.2 Å². The van der Waals surface area contributed by atoms with Crippen LogP contribution in [0, 0.1) is 0 Å². The van der Waals surface area contributed by atoms with Crippen LogP contribution in [0.25, 0.3) is 11.4 Å². The summed E-state index contributed by atoms with van der Waals surface area (Å²) in [6.45, 7) is 1.16. The van der Waals surface area contributed by atoms with E-state index < -0.39 is 24.5 Å². The molecule has 2 N–H and O–H groups in total. The SMILES string of the molecule is CCNC(=O)NC(=O)COC(=O)Cn1nnc(-c2ccc(Cl)cc2)n1. The third kappa shape index (κ3) is 5.84. The first-order chi connectivity index (χ1) is 12.0. The maximum absolute atomic E-state index is 11.7. The maximum Gasteiger partial charge on any atom is 0.330 e. The van der Waals surface area contributed by atoms with Crippen molar-refractivity contribution in [2.24, 2.45) is 0 Å². The van der Waals surface area contributed by atoms with Crippen LogP contribution in [0.2, 0.25) is 5.02 Å². The Balaban J connectivity index is 1.82. The van der Waals surface area contributed by atoms with Crippen molar-refractivity contribution in [3.05, 3.63) is 29.3 Å². The molecule has 0 aliphatic heterocycles. The smallest absolute Gasteiger partial charge is 0.330 e. The van der Waals surface area contributed by atoms with E-state index in [1.807, 2.05) is 5.32 Å². The van der Waals surface area contributed by atoms with Gasteiger partial charge in [0.15, 0.2) is 13.2 Å². The van der Waals surface area contributed by atoms with E-state index >= 15 is 0 Å². The minimum atomic E-state index is -0.744. The second-order valence-corrected chi connectivity index (χ2v) is 5.16. The lowest BCUT2D eigenvalue weighted by Gasteiger charge is -2.05. The number of benzene rings is 1. The lowest BCUT2D eigenvalue weighted by atomic mass is 10.2. The van der Waals surface area contributed by atoms with Gasteiger partial charge in [-0.05, 0) is 36.4 Å². The van der Waals surface area contributed by atoms with Crippen LogP contribution in [0.4, 0.5) is 4.79 Å². The van der Waals surface area contributed by atoms with Crippen molar-refractivity contribution in [3.63, 3.8) is 0 Å². The zero-order chi connectivity index (χ0) is 18.2. The van der Waals surface area contributed by atoms with Gasteiger partial charge in [-0.2, -0.15) is 4.80 Å². The summed E-state index contributed by atoms with van der Waals surface area (Å²) in [5, 5.41) is 16.5. The lowest BCUT2D eigenvalue weighted by Crippen LogP contribution is -2.41. The average Bonchev–Trinajstić information content (AvgIpc) is 3.02. The van der Waals surface area contributed by atoms with E-state index in [4.69, 9.17) is 16.3 Å². The molecule has 0 aliphatic rings. The molecule has 0 saturated carbocycles. The summed E-state index contributed by atoms with van der Waals surface area (Å²) in [7, 11) is 0. The van der Waals surface area contributed by atoms with Gasteiger partial charge in [0.2, 0.25) is 5.82 Å². The molecule has 2 aromatic rings. The summed E-state index contributed by atoms with van der Waals surface area (Å²) in [5.41, 5.74) is 0.685. The van der Waals surface area contributed by atoms with Gasteiger partial charge >= 0.3 is 12.0 Å². The Morgan fingerprint density at radius 3 is 2.64 bits per heavy atom. The molecule has 3 amide bonds. The van der Waals surface area contributed by atoms with Crippen molar-refractivity contribution in [3.8, 4) is 11.4 Å². The number of carbonyl (C=O) groups excluding carboxylic acids is 3. The van der Waals surface area contributed by atoms with Crippen molar-refractivity contribution in [1.82, 2.24) is 30.8 Å². The number of nitrogens with one attached hydrogen (secondary N) is 2. The molecule has 25 heavy (non-hydrogen) atoms. The zero-order valence-electron chi connectivity index (χ0n) is 13.2. The fourth-order valence-corrected chi connectivity index (χ4v) is 1.83. The number of amides is 3. The standard InChI is InChI=1S/C14H15ClN6O4/c1-2-16-14(24)17-11(22)8-25-12(23)7-21-19-13(18-20-21)9-3-5-10(15)6-4-9/h3-6H,2,7-8H2,1H3,(H2,16,17,22,24). The van der Waals surface area contributed by atoms with Crippen LogP contribution < -0.4 is 10.6 Å². The van der Waals surface area contributed by atoms with Crippen LogP contribution in [0.3, 0.4) is 0 Å². The van der Waals surface area contributed by atoms with Gasteiger partial charge in [-0.3, -0.25) is 10.1 Å². The van der Waals surface area contributed by atoms with Crippen LogP contribution in [0.5, 0.6) is 0 Å². The Kier molecular flexibility index (Phi) is 6.40. The summed E-state index contributed by atoms with van der Waals surface area (Å²) in [6.07, 6.45) is 0. The summed E-state index contributed by atoms with van der Waals surface area (Å²) in [4.78, 5) is 35.2. The van der Waals surface area contributed by atoms with E-state index in [2.05, 4.69) is 20.7 Å². The summed E-state index contributed by atoms with van der Waals surface area (Å²) < 4.78 is 4.74. The van der Waals surface area contributed by atoms with Crippen LogP contribution in [0.15, 0.2) is 24.3 Å². The van der Waals surface area contributed by atoms with Crippen molar-refractivity contribution in [1.29, 1.82) is 0 Å². The Morgan fingerprint density at radius 2 is 1.96 bits per heavy atom. The van der Waals surface area contributed by atoms with Crippen LogP contribution >= 0.6 is 11.6 Å². The highest BCUT2D eigenvalue weighted by Crippen LogP contribution is 2.16. The fraction of sp³-hybridized carbons (Fsp3) is 0.286. The second kappa shape index (κ2) is 8.73. The predicted octanol–water partition coefficient (Wildman–Crippen LogP) is 0.382. The number of halogens is 1. The molecule has 132 valence electrons. The lowest BCUT2D eigenvalue weighted by molar-refractivity contribution is -0.149. The largest absolute Gasteiger partial charge is 0.454 e. The molecule has 0 saturated heterocycles. The molecular weight excluding hydrogens is 352 g/mol. The number of carbonyl (C=O) groups is 3. The quantitative estimate of drug-likeness (QED) is 0.707. The van der Waals surface area contributed by atoms with E-state index in [-0.39, 0.29) is 6.54 Å². The number of nitrogens with zero attached hydrogens (tertiary/aromatic N) is 4. The highest BCUT2D eigenvalue weighted by molar-refractivity contribution is 6.30. The number of tetrazole rings is 1. The van der Waals surface area contributed by atoms with Crippen LogP contribution in [-0.4, -0.2) is 51.3 Å². The van der Waals surface area contributed by atoms with Crippen molar-refractivity contribution >= 4 is 29.5 Å². The van der Waals surface area contributed by atoms with E-state index in [9.17, 15) is 14.4 Å². The number of urea groups is 1. The maximum atomic E-state index is 11.7. The molecule has 0 unspecified atom stereocenters. The third-order valence-electron chi connectivity index (χ3n) is 2.78. The predicted molar refractivity (Wildman–Crippen MR) is 86.4 cm³/mol. The first-order valence-corrected chi connectivity index (χ1v) is 7.62. The number of aromatic nitrogens is 4. The Hall–Kier alpha value is -3.01. The number of hydrogen-bond donors (Lipinski definition) is 2. The van der Waals surface area contributed by atoms with Gasteiger partial charge in [-0.25, -0.2) is 9.59 Å². The first kappa shape index (κ1) is 18.3. The van der Waals surface area contributed by atoms with E-state index in [1.165, 1.54) is 0 Å². The molecule has 1 heterocycles. The molecule has 0 fully saturated rings. The van der Waals surface area contributed by atoms with Gasteiger partial charge in [-0.1, -0.05) is 11.6 Å². The second-order valence-electron chi connectivity index (χ2n) is 4.72. The summed E-state index contributed by atoms with van der Waals surface area (Å²) >= 11 is 5.80. The number of hydrogen-bond acceptors (Lipinski definition) is 7. The number of esters is 1. The number of rotatable bonds is 6. The molecule has 2 rings (SSSR count). The topological polar surface area (TPSA) is 128 Å². The van der Waals surface area contributed by atoms with Crippen LogP contribution in [-0.2, 0) is 20.9 Å². The summed E-state index contributed by atoms with van der Waals surface area (Å²) in [6, 6.07) is 6.13. The first-order valence-electron chi connectivity index (χ1n) is 7.25. The number of ether oxygens (including phenoxy) is 1. The van der Waals surface area contributed by atoms with E-state index in [1.54, 1.807) is 31.2 Å². The van der Waals surface area contributed by atoms with Gasteiger partial charge in [0, 0.05) is 17.1 Å². The third-order valence-corrected chi connectivity index (χ3v) is 3.03. The Bertz CT molecular complexity index is 761. The monoisotopic (exact) mass is 366 g/mol. The zero-order valence-corrected chi connectivity index (χ0v) is 14.0. The molecular formula is C14H15ClN6O4. The fourth-order valence-electron chi connectivity index (χ4n) is 1.70. The molecule has 0 atom stereocenters. The van der Waals surface area contributed by atoms with Crippen LogP contribution in [0.1, 0.15) is 6.92 Å². The normalized spacial score (nSPS) is 10.2. The molecule has 0 bridgehead atoms. The Labute approximate surface area is 147 Å².